The summed E-state index contributed by atoms with van der Waals surface area (Å²) >= 11 is 0. The van der Waals surface area contributed by atoms with Crippen LogP contribution in [0.2, 0.25) is 0 Å². The van der Waals surface area contributed by atoms with E-state index in [1.54, 1.807) is 25.8 Å². The Kier molecular flexibility index (Phi) is 12.3. The van der Waals surface area contributed by atoms with E-state index in [0.29, 0.717) is 30.9 Å². The summed E-state index contributed by atoms with van der Waals surface area (Å²) < 4.78 is 35.4. The fourth-order valence-electron chi connectivity index (χ4n) is 4.68. The molecule has 0 fully saturated rings. The molecule has 0 bridgehead atoms. The van der Waals surface area contributed by atoms with Crippen LogP contribution in [-0.4, -0.2) is 82.9 Å². The van der Waals surface area contributed by atoms with Crippen LogP contribution in [0, 0.1) is 0 Å². The highest BCUT2D eigenvalue weighted by molar-refractivity contribution is 7.89. The van der Waals surface area contributed by atoms with E-state index in [1.807, 2.05) is 60.7 Å². The van der Waals surface area contributed by atoms with Gasteiger partial charge in [-0.15, -0.1) is 0 Å². The van der Waals surface area contributed by atoms with Gasteiger partial charge in [-0.25, -0.2) is 18.2 Å². The number of rotatable bonds is 16. The van der Waals surface area contributed by atoms with Crippen molar-refractivity contribution in [3.05, 3.63) is 83.4 Å². The molecule has 0 aliphatic heterocycles. The molecule has 3 aromatic rings. The molecule has 10 nitrogen and oxygen atoms in total. The fourth-order valence-corrected chi connectivity index (χ4v) is 6.05. The summed E-state index contributed by atoms with van der Waals surface area (Å²) in [7, 11) is 1.46. The summed E-state index contributed by atoms with van der Waals surface area (Å²) in [6, 6.07) is 18.9. The minimum atomic E-state index is -3.56. The van der Waals surface area contributed by atoms with Gasteiger partial charge >= 0.3 is 6.09 Å². The van der Waals surface area contributed by atoms with Crippen LogP contribution in [0.15, 0.2) is 60.7 Å². The lowest BCUT2D eigenvalue weighted by atomic mass is 10.0. The van der Waals surface area contributed by atoms with Crippen LogP contribution in [0.25, 0.3) is 0 Å². The highest BCUT2D eigenvalue weighted by atomic mass is 32.2. The van der Waals surface area contributed by atoms with Gasteiger partial charge < -0.3 is 14.5 Å². The molecule has 224 valence electrons. The number of nitrogens with zero attached hydrogens (tertiary/aromatic N) is 6. The summed E-state index contributed by atoms with van der Waals surface area (Å²) in [5.74, 6) is 1.01. The van der Waals surface area contributed by atoms with E-state index in [1.165, 1.54) is 9.21 Å². The van der Waals surface area contributed by atoms with Gasteiger partial charge in [0.25, 0.3) is 0 Å². The first kappa shape index (κ1) is 32.2. The molecule has 41 heavy (non-hydrogen) atoms. The van der Waals surface area contributed by atoms with Crippen LogP contribution in [0.1, 0.15) is 55.5 Å². The molecule has 0 saturated heterocycles. The topological polar surface area (TPSA) is 101 Å². The Morgan fingerprint density at radius 3 is 2.20 bits per heavy atom. The van der Waals surface area contributed by atoms with Crippen LogP contribution in [0.3, 0.4) is 0 Å². The molecule has 2 aromatic carbocycles. The quantitative estimate of drug-likeness (QED) is 0.248. The number of ether oxygens (including phenoxy) is 1. The average molecular weight is 585 g/mol. The molecular weight excluding hydrogens is 540 g/mol. The maximum Gasteiger partial charge on any atom is 0.410 e. The van der Waals surface area contributed by atoms with E-state index < -0.39 is 22.2 Å². The van der Waals surface area contributed by atoms with Gasteiger partial charge in [-0.05, 0) is 50.0 Å². The zero-order chi connectivity index (χ0) is 29.8. The predicted octanol–water partition coefficient (Wildman–Crippen LogP) is 4.25. The SMILES string of the molecule is CCN(CC)CCCS(=O)(=O)N(C)[C@H](CCc1ccccc1)c1nc(CN(C)C(=O)OCc2ccccc2)nn1C. The minimum absolute atomic E-state index is 0.0581. The number of hydrogen-bond donors (Lipinski definition) is 0. The Hall–Kier alpha value is -3.28. The number of hydrogen-bond acceptors (Lipinski definition) is 7. The van der Waals surface area contributed by atoms with E-state index in [-0.39, 0.29) is 18.9 Å². The second kappa shape index (κ2) is 15.6. The molecule has 0 saturated carbocycles. The van der Waals surface area contributed by atoms with Gasteiger partial charge in [0, 0.05) is 21.1 Å². The van der Waals surface area contributed by atoms with Gasteiger partial charge in [-0.1, -0.05) is 74.5 Å². The van der Waals surface area contributed by atoms with Crippen molar-refractivity contribution in [2.45, 2.75) is 52.3 Å². The van der Waals surface area contributed by atoms with Crippen LogP contribution in [-0.2, 0) is 41.4 Å². The van der Waals surface area contributed by atoms with Crippen molar-refractivity contribution in [2.75, 3.05) is 39.5 Å². The maximum atomic E-state index is 13.5. The molecular formula is C30H44N6O4S. The molecule has 0 aliphatic rings. The molecule has 1 heterocycles. The molecule has 0 radical (unpaired) electrons. The molecule has 0 N–H and O–H groups in total. The Bertz CT molecular complexity index is 1310. The van der Waals surface area contributed by atoms with Gasteiger partial charge in [-0.2, -0.15) is 9.40 Å². The summed E-state index contributed by atoms with van der Waals surface area (Å²) in [5.41, 5.74) is 2.02. The molecule has 1 aromatic heterocycles. The Morgan fingerprint density at radius 1 is 0.976 bits per heavy atom. The maximum absolute atomic E-state index is 13.5. The Balaban J connectivity index is 1.74. The van der Waals surface area contributed by atoms with E-state index in [9.17, 15) is 13.2 Å². The zero-order valence-electron chi connectivity index (χ0n) is 24.9. The summed E-state index contributed by atoms with van der Waals surface area (Å²) in [5, 5.41) is 4.53. The number of benzene rings is 2. The number of carbonyl (C=O) groups excluding carboxylic acids is 1. The highest BCUT2D eigenvalue weighted by Gasteiger charge is 2.31. The third-order valence-corrected chi connectivity index (χ3v) is 9.17. The largest absolute Gasteiger partial charge is 0.445 e. The number of carbonyl (C=O) groups is 1. The molecule has 1 amide bonds. The average Bonchev–Trinajstić information content (AvgIpc) is 3.34. The molecule has 0 aliphatic carbocycles. The summed E-state index contributed by atoms with van der Waals surface area (Å²) in [6.45, 7) is 6.97. The molecule has 11 heteroatoms. The summed E-state index contributed by atoms with van der Waals surface area (Å²) in [4.78, 5) is 20.9. The number of aryl methyl sites for hydroxylation is 2. The van der Waals surface area contributed by atoms with Gasteiger partial charge in [0.15, 0.2) is 5.82 Å². The lowest BCUT2D eigenvalue weighted by Gasteiger charge is -2.27. The van der Waals surface area contributed by atoms with Gasteiger partial charge in [0.05, 0.1) is 18.3 Å². The first-order valence-electron chi connectivity index (χ1n) is 14.2. The van der Waals surface area contributed by atoms with Crippen LogP contribution in [0.5, 0.6) is 0 Å². The lowest BCUT2D eigenvalue weighted by Crippen LogP contribution is -2.36. The lowest BCUT2D eigenvalue weighted by molar-refractivity contribution is 0.102. The minimum Gasteiger partial charge on any atom is -0.445 e. The normalized spacial score (nSPS) is 12.6. The van der Waals surface area contributed by atoms with Crippen molar-refractivity contribution in [3.63, 3.8) is 0 Å². The van der Waals surface area contributed by atoms with Crippen molar-refractivity contribution in [2.24, 2.45) is 7.05 Å². The van der Waals surface area contributed by atoms with Crippen LogP contribution < -0.4 is 0 Å². The van der Waals surface area contributed by atoms with Crippen molar-refractivity contribution < 1.29 is 17.9 Å². The molecule has 3 rings (SSSR count). The van der Waals surface area contributed by atoms with Crippen molar-refractivity contribution in [3.8, 4) is 0 Å². The third-order valence-electron chi connectivity index (χ3n) is 7.23. The monoisotopic (exact) mass is 584 g/mol. The predicted molar refractivity (Wildman–Crippen MR) is 161 cm³/mol. The van der Waals surface area contributed by atoms with Crippen molar-refractivity contribution in [1.29, 1.82) is 0 Å². The second-order valence-corrected chi connectivity index (χ2v) is 12.3. The highest BCUT2D eigenvalue weighted by Crippen LogP contribution is 2.27. The summed E-state index contributed by atoms with van der Waals surface area (Å²) in [6.07, 6.45) is 1.28. The van der Waals surface area contributed by atoms with Gasteiger partial charge in [-0.3, -0.25) is 4.68 Å². The number of amides is 1. The first-order valence-corrected chi connectivity index (χ1v) is 15.8. The van der Waals surface area contributed by atoms with E-state index in [2.05, 4.69) is 23.8 Å². The van der Waals surface area contributed by atoms with Crippen molar-refractivity contribution >= 4 is 16.1 Å². The smallest absolute Gasteiger partial charge is 0.410 e. The van der Waals surface area contributed by atoms with Crippen LogP contribution >= 0.6 is 0 Å². The standard InChI is InChI=1S/C30H44N6O4S/c1-6-36(7-2)21-14-22-41(38,39)35(5)27(20-19-25-15-10-8-11-16-25)29-31-28(32-34(29)4)23-33(3)30(37)40-24-26-17-12-9-13-18-26/h8-13,15-18,27H,6-7,14,19-24H2,1-5H3/t27-/m1/s1. The fraction of sp³-hybridized carbons (Fsp3) is 0.500. The Morgan fingerprint density at radius 2 is 1.59 bits per heavy atom. The van der Waals surface area contributed by atoms with Crippen molar-refractivity contribution in [1.82, 2.24) is 28.9 Å². The number of sulfonamides is 1. The van der Waals surface area contributed by atoms with Crippen LogP contribution in [0.4, 0.5) is 4.79 Å². The second-order valence-electron chi connectivity index (χ2n) is 10.2. The third kappa shape index (κ3) is 9.65. The molecule has 1 atom stereocenters. The molecule has 0 spiro atoms. The molecule has 0 unspecified atom stereocenters. The Labute approximate surface area is 245 Å². The van der Waals surface area contributed by atoms with E-state index in [0.717, 1.165) is 30.8 Å². The zero-order valence-corrected chi connectivity index (χ0v) is 25.8. The van der Waals surface area contributed by atoms with Gasteiger partial charge in [0.1, 0.15) is 12.4 Å². The first-order chi connectivity index (χ1) is 19.6. The van der Waals surface area contributed by atoms with E-state index >= 15 is 0 Å². The van der Waals surface area contributed by atoms with Gasteiger partial charge in [0.2, 0.25) is 10.0 Å². The number of aromatic nitrogens is 3. The van der Waals surface area contributed by atoms with E-state index in [4.69, 9.17) is 9.72 Å².